The Balaban J connectivity index is 1.52. The minimum Gasteiger partial charge on any atom is -0.383 e. The molecule has 10 heteroatoms. The second-order valence-electron chi connectivity index (χ2n) is 9.33. The summed E-state index contributed by atoms with van der Waals surface area (Å²) in [6.07, 6.45) is 12.6. The third kappa shape index (κ3) is 4.17. The van der Waals surface area contributed by atoms with Gasteiger partial charge in [-0.15, -0.1) is 0 Å². The Bertz CT molecular complexity index is 1310. The van der Waals surface area contributed by atoms with E-state index in [4.69, 9.17) is 5.73 Å². The number of carbonyl (C=O) groups is 1. The number of carbonyl (C=O) groups excluding carboxylic acids is 1. The highest BCUT2D eigenvalue weighted by molar-refractivity contribution is 6.04. The molecule has 0 radical (unpaired) electrons. The van der Waals surface area contributed by atoms with E-state index in [0.29, 0.717) is 28.2 Å². The van der Waals surface area contributed by atoms with E-state index >= 15 is 0 Å². The number of alkyl halides is 2. The predicted octanol–water partition coefficient (Wildman–Crippen LogP) is 4.31. The summed E-state index contributed by atoms with van der Waals surface area (Å²) in [5.41, 5.74) is 9.65. The van der Waals surface area contributed by atoms with Crippen molar-refractivity contribution in [2.45, 2.75) is 38.5 Å². The first-order valence-electron chi connectivity index (χ1n) is 11.7. The SMILES string of the molecule is Cn1c(C2=CCC3(CC2)CCN(C=CC=O)CC3)c(-c2ncc(C(F)F)cn2)c2c(N)ncnc21. The zero-order valence-corrected chi connectivity index (χ0v) is 19.5. The maximum Gasteiger partial charge on any atom is 0.266 e. The zero-order valence-electron chi connectivity index (χ0n) is 19.5. The van der Waals surface area contributed by atoms with E-state index in [1.807, 2.05) is 17.8 Å². The van der Waals surface area contributed by atoms with Crippen molar-refractivity contribution in [1.29, 1.82) is 0 Å². The van der Waals surface area contributed by atoms with Crippen molar-refractivity contribution >= 4 is 28.7 Å². The van der Waals surface area contributed by atoms with Crippen LogP contribution in [0.4, 0.5) is 14.6 Å². The molecule has 2 N–H and O–H groups in total. The summed E-state index contributed by atoms with van der Waals surface area (Å²) in [7, 11) is 1.92. The standard InChI is InChI=1S/C25H27F2N7O/c1-33-20(16-3-5-25(6-4-16)7-10-34(11-8-25)9-2-12-35)18(19-22(28)31-15-32-24(19)33)23-29-13-17(14-30-23)21(26)27/h2-3,9,12-15,21H,4-8,10-11H2,1H3,(H2,28,31,32). The maximum atomic E-state index is 13.1. The molecule has 2 aliphatic rings. The van der Waals surface area contributed by atoms with Gasteiger partial charge in [0, 0.05) is 38.7 Å². The Hall–Kier alpha value is -3.69. The predicted molar refractivity (Wildman–Crippen MR) is 129 cm³/mol. The van der Waals surface area contributed by atoms with E-state index in [2.05, 4.69) is 30.9 Å². The lowest BCUT2D eigenvalue weighted by Crippen LogP contribution is -2.38. The van der Waals surface area contributed by atoms with Crippen molar-refractivity contribution in [2.24, 2.45) is 12.5 Å². The number of nitrogen functional groups attached to an aromatic ring is 1. The summed E-state index contributed by atoms with van der Waals surface area (Å²) in [5.74, 6) is 0.630. The lowest BCUT2D eigenvalue weighted by molar-refractivity contribution is -0.104. The smallest absolute Gasteiger partial charge is 0.266 e. The fourth-order valence-corrected chi connectivity index (χ4v) is 5.37. The van der Waals surface area contributed by atoms with Gasteiger partial charge in [0.15, 0.2) is 5.82 Å². The second kappa shape index (κ2) is 9.16. The summed E-state index contributed by atoms with van der Waals surface area (Å²) >= 11 is 0. The minimum absolute atomic E-state index is 0.229. The highest BCUT2D eigenvalue weighted by Crippen LogP contribution is 2.48. The lowest BCUT2D eigenvalue weighted by Gasteiger charge is -2.43. The molecule has 1 fully saturated rings. The summed E-state index contributed by atoms with van der Waals surface area (Å²) in [5, 5.41) is 0.631. The Morgan fingerprint density at radius 1 is 1.11 bits per heavy atom. The minimum atomic E-state index is -2.64. The van der Waals surface area contributed by atoms with Crippen LogP contribution in [0.15, 0.2) is 37.1 Å². The Morgan fingerprint density at radius 3 is 2.49 bits per heavy atom. The van der Waals surface area contributed by atoms with Crippen LogP contribution in [0.5, 0.6) is 0 Å². The number of anilines is 1. The molecular weight excluding hydrogens is 452 g/mol. The molecule has 0 atom stereocenters. The molecule has 35 heavy (non-hydrogen) atoms. The first-order chi connectivity index (χ1) is 16.9. The van der Waals surface area contributed by atoms with Crippen LogP contribution in [0.2, 0.25) is 0 Å². The molecule has 182 valence electrons. The van der Waals surface area contributed by atoms with Crippen LogP contribution in [0.3, 0.4) is 0 Å². The third-order valence-corrected chi connectivity index (χ3v) is 7.39. The monoisotopic (exact) mass is 479 g/mol. The maximum absolute atomic E-state index is 13.1. The number of allylic oxidation sites excluding steroid dienone is 3. The van der Waals surface area contributed by atoms with E-state index in [9.17, 15) is 13.6 Å². The van der Waals surface area contributed by atoms with Gasteiger partial charge in [0.2, 0.25) is 0 Å². The Kier molecular flexibility index (Phi) is 6.04. The Morgan fingerprint density at radius 2 is 1.86 bits per heavy atom. The number of piperidine rings is 1. The molecule has 0 unspecified atom stereocenters. The van der Waals surface area contributed by atoms with Crippen LogP contribution in [0.1, 0.15) is 49.8 Å². The number of hydrogen-bond donors (Lipinski definition) is 1. The van der Waals surface area contributed by atoms with Crippen LogP contribution in [0, 0.1) is 5.41 Å². The topological polar surface area (TPSA) is 103 Å². The van der Waals surface area contributed by atoms with Gasteiger partial charge in [0.05, 0.1) is 22.2 Å². The third-order valence-electron chi connectivity index (χ3n) is 7.39. The van der Waals surface area contributed by atoms with Crippen molar-refractivity contribution in [1.82, 2.24) is 29.4 Å². The van der Waals surface area contributed by atoms with E-state index in [-0.39, 0.29) is 11.0 Å². The zero-order chi connectivity index (χ0) is 24.6. The number of nitrogens with two attached hydrogens (primary N) is 1. The lowest BCUT2D eigenvalue weighted by atomic mass is 9.68. The van der Waals surface area contributed by atoms with Gasteiger partial charge in [-0.3, -0.25) is 4.79 Å². The molecular formula is C25H27F2N7O. The Labute approximate surface area is 201 Å². The molecule has 3 aromatic heterocycles. The van der Waals surface area contributed by atoms with Crippen molar-refractivity contribution in [3.63, 3.8) is 0 Å². The van der Waals surface area contributed by atoms with Crippen LogP contribution in [-0.4, -0.2) is 48.8 Å². The molecule has 5 rings (SSSR count). The van der Waals surface area contributed by atoms with Gasteiger partial charge in [-0.2, -0.15) is 0 Å². The van der Waals surface area contributed by atoms with Gasteiger partial charge in [0.25, 0.3) is 6.43 Å². The highest BCUT2D eigenvalue weighted by Gasteiger charge is 2.36. The van der Waals surface area contributed by atoms with Gasteiger partial charge >= 0.3 is 0 Å². The molecule has 0 amide bonds. The molecule has 8 nitrogen and oxygen atoms in total. The largest absolute Gasteiger partial charge is 0.383 e. The molecule has 0 bridgehead atoms. The van der Waals surface area contributed by atoms with Crippen LogP contribution in [-0.2, 0) is 11.8 Å². The van der Waals surface area contributed by atoms with E-state index in [1.165, 1.54) is 6.33 Å². The van der Waals surface area contributed by atoms with Crippen molar-refractivity contribution in [3.05, 3.63) is 48.3 Å². The van der Waals surface area contributed by atoms with Gasteiger partial charge < -0.3 is 15.2 Å². The first-order valence-corrected chi connectivity index (χ1v) is 11.7. The number of likely N-dealkylation sites (tertiary alicyclic amines) is 1. The fourth-order valence-electron chi connectivity index (χ4n) is 5.37. The summed E-state index contributed by atoms with van der Waals surface area (Å²) in [6.45, 7) is 1.87. The number of rotatable bonds is 5. The van der Waals surface area contributed by atoms with Crippen LogP contribution >= 0.6 is 0 Å². The quantitative estimate of drug-likeness (QED) is 0.430. The number of hydrogen-bond acceptors (Lipinski definition) is 7. The number of fused-ring (bicyclic) bond motifs is 1. The fraction of sp³-hybridized carbons (Fsp3) is 0.400. The highest BCUT2D eigenvalue weighted by atomic mass is 19.3. The van der Waals surface area contributed by atoms with E-state index in [1.54, 1.807) is 6.08 Å². The van der Waals surface area contributed by atoms with Crippen molar-refractivity contribution in [3.8, 4) is 11.4 Å². The normalized spacial score (nSPS) is 18.1. The molecule has 1 aliphatic heterocycles. The summed E-state index contributed by atoms with van der Waals surface area (Å²) in [4.78, 5) is 30.0. The molecule has 0 aromatic carbocycles. The molecule has 1 spiro atoms. The molecule has 3 aromatic rings. The molecule has 1 aliphatic carbocycles. The average Bonchev–Trinajstić information content (AvgIpc) is 3.18. The summed E-state index contributed by atoms with van der Waals surface area (Å²) in [6, 6.07) is 0. The van der Waals surface area contributed by atoms with Gasteiger partial charge in [0.1, 0.15) is 24.1 Å². The number of halogens is 2. The first kappa shape index (κ1) is 23.1. The van der Waals surface area contributed by atoms with E-state index < -0.39 is 6.43 Å². The number of aromatic nitrogens is 5. The number of aldehydes is 1. The summed E-state index contributed by atoms with van der Waals surface area (Å²) < 4.78 is 28.2. The van der Waals surface area contributed by atoms with Crippen LogP contribution in [0.25, 0.3) is 28.0 Å². The number of aryl methyl sites for hydroxylation is 1. The van der Waals surface area contributed by atoms with Gasteiger partial charge in [-0.25, -0.2) is 28.7 Å². The van der Waals surface area contributed by atoms with E-state index in [0.717, 1.165) is 75.1 Å². The molecule has 0 saturated carbocycles. The van der Waals surface area contributed by atoms with Crippen molar-refractivity contribution < 1.29 is 13.6 Å². The number of nitrogens with zero attached hydrogens (tertiary/aromatic N) is 6. The molecule has 4 heterocycles. The van der Waals surface area contributed by atoms with Gasteiger partial charge in [-0.1, -0.05) is 6.08 Å². The average molecular weight is 480 g/mol. The van der Waals surface area contributed by atoms with Gasteiger partial charge in [-0.05, 0) is 49.2 Å². The van der Waals surface area contributed by atoms with Crippen molar-refractivity contribution in [2.75, 3.05) is 18.8 Å². The molecule has 1 saturated heterocycles. The van der Waals surface area contributed by atoms with Crippen LogP contribution < -0.4 is 5.73 Å². The second-order valence-corrected chi connectivity index (χ2v) is 9.33.